The van der Waals surface area contributed by atoms with Crippen molar-refractivity contribution >= 4 is 11.8 Å². The molecule has 0 aliphatic heterocycles. The van der Waals surface area contributed by atoms with Gasteiger partial charge in [-0.05, 0) is 50.5 Å². The molecule has 0 aliphatic rings. The van der Waals surface area contributed by atoms with Crippen LogP contribution in [0.4, 0.5) is 0 Å². The van der Waals surface area contributed by atoms with Crippen molar-refractivity contribution in [3.63, 3.8) is 0 Å². The molecule has 0 bridgehead atoms. The first-order valence-corrected chi connectivity index (χ1v) is 9.23. The summed E-state index contributed by atoms with van der Waals surface area (Å²) in [5, 5.41) is 3.51. The summed E-state index contributed by atoms with van der Waals surface area (Å²) < 4.78 is 0. The van der Waals surface area contributed by atoms with E-state index in [9.17, 15) is 0 Å². The lowest BCUT2D eigenvalue weighted by Gasteiger charge is -2.17. The third-order valence-corrected chi connectivity index (χ3v) is 4.63. The summed E-state index contributed by atoms with van der Waals surface area (Å²) >= 11 is 1.92. The summed E-state index contributed by atoms with van der Waals surface area (Å²) in [6, 6.07) is 0.545. The molecule has 1 atom stereocenters. The van der Waals surface area contributed by atoms with Crippen LogP contribution in [0.25, 0.3) is 0 Å². The number of rotatable bonds is 9. The Morgan fingerprint density at radius 1 is 1.10 bits per heavy atom. The van der Waals surface area contributed by atoms with Gasteiger partial charge in [0.25, 0.3) is 0 Å². The predicted octanol–water partition coefficient (Wildman–Crippen LogP) is 3.91. The van der Waals surface area contributed by atoms with Crippen LogP contribution in [0.3, 0.4) is 0 Å². The molecule has 1 aromatic heterocycles. The minimum atomic E-state index is 0.545. The van der Waals surface area contributed by atoms with E-state index in [0.717, 1.165) is 35.9 Å². The molecule has 0 spiro atoms. The fourth-order valence-electron chi connectivity index (χ4n) is 2.33. The normalized spacial score (nSPS) is 12.9. The van der Waals surface area contributed by atoms with Crippen molar-refractivity contribution in [2.24, 2.45) is 5.92 Å². The second-order valence-electron chi connectivity index (χ2n) is 6.21. The van der Waals surface area contributed by atoms with Crippen molar-refractivity contribution in [1.29, 1.82) is 0 Å². The first kappa shape index (κ1) is 18.4. The smallest absolute Gasteiger partial charge is 0.138 e. The van der Waals surface area contributed by atoms with Gasteiger partial charge in [-0.15, -0.1) is 0 Å². The van der Waals surface area contributed by atoms with E-state index in [4.69, 9.17) is 9.97 Å². The summed E-state index contributed by atoms with van der Waals surface area (Å²) in [6.07, 6.45) is 2.26. The summed E-state index contributed by atoms with van der Waals surface area (Å²) in [5.41, 5.74) is 3.65. The molecule has 0 fully saturated rings. The Morgan fingerprint density at radius 2 is 1.71 bits per heavy atom. The molecule has 1 unspecified atom stereocenters. The van der Waals surface area contributed by atoms with Crippen molar-refractivity contribution in [2.75, 3.05) is 12.3 Å². The maximum absolute atomic E-state index is 4.70. The van der Waals surface area contributed by atoms with Gasteiger partial charge in [-0.2, -0.15) is 11.8 Å². The number of nitrogens with zero attached hydrogens (tertiary/aromatic N) is 2. The van der Waals surface area contributed by atoms with Crippen LogP contribution in [-0.4, -0.2) is 28.3 Å². The maximum atomic E-state index is 4.70. The highest BCUT2D eigenvalue weighted by Gasteiger charge is 2.12. The van der Waals surface area contributed by atoms with Crippen LogP contribution in [0.15, 0.2) is 0 Å². The summed E-state index contributed by atoms with van der Waals surface area (Å²) in [5.74, 6) is 3.70. The third kappa shape index (κ3) is 6.79. The molecule has 3 nitrogen and oxygen atoms in total. The average Bonchev–Trinajstić information content (AvgIpc) is 2.41. The number of thioether (sulfide) groups is 1. The van der Waals surface area contributed by atoms with Gasteiger partial charge >= 0.3 is 0 Å². The zero-order valence-corrected chi connectivity index (χ0v) is 15.3. The Kier molecular flexibility index (Phi) is 8.27. The fraction of sp³-hybridized carbons (Fsp3) is 0.765. The highest BCUT2D eigenvalue weighted by atomic mass is 32.2. The molecule has 120 valence electrons. The topological polar surface area (TPSA) is 37.8 Å². The average molecular weight is 310 g/mol. The van der Waals surface area contributed by atoms with Crippen molar-refractivity contribution in [3.8, 4) is 0 Å². The van der Waals surface area contributed by atoms with Crippen molar-refractivity contribution < 1.29 is 0 Å². The van der Waals surface area contributed by atoms with Crippen LogP contribution in [0.2, 0.25) is 0 Å². The Morgan fingerprint density at radius 3 is 2.24 bits per heavy atom. The van der Waals surface area contributed by atoms with Crippen molar-refractivity contribution in [3.05, 3.63) is 22.8 Å². The van der Waals surface area contributed by atoms with E-state index >= 15 is 0 Å². The van der Waals surface area contributed by atoms with Gasteiger partial charge in [0, 0.05) is 17.4 Å². The maximum Gasteiger partial charge on any atom is 0.138 e. The van der Waals surface area contributed by atoms with Crippen molar-refractivity contribution in [1.82, 2.24) is 15.3 Å². The van der Waals surface area contributed by atoms with E-state index in [1.165, 1.54) is 17.7 Å². The molecule has 0 saturated heterocycles. The Balaban J connectivity index is 2.66. The molecular formula is C17H31N3S. The molecule has 1 N–H and O–H groups in total. The summed E-state index contributed by atoms with van der Waals surface area (Å²) in [4.78, 5) is 9.40. The quantitative estimate of drug-likeness (QED) is 0.702. The van der Waals surface area contributed by atoms with E-state index in [1.807, 2.05) is 11.8 Å². The Bertz CT molecular complexity index is 409. The molecule has 0 saturated carbocycles. The molecule has 1 rings (SSSR count). The van der Waals surface area contributed by atoms with E-state index in [0.29, 0.717) is 12.0 Å². The molecule has 1 aromatic rings. The monoisotopic (exact) mass is 309 g/mol. The molecular weight excluding hydrogens is 278 g/mol. The molecule has 0 aromatic carbocycles. The van der Waals surface area contributed by atoms with Crippen LogP contribution in [0, 0.1) is 19.8 Å². The molecule has 0 aliphatic carbocycles. The number of hydrogen-bond donors (Lipinski definition) is 1. The van der Waals surface area contributed by atoms with E-state index in [1.54, 1.807) is 0 Å². The number of hydrogen-bond acceptors (Lipinski definition) is 4. The predicted molar refractivity (Wildman–Crippen MR) is 94.0 cm³/mol. The van der Waals surface area contributed by atoms with Gasteiger partial charge in [0.15, 0.2) is 0 Å². The largest absolute Gasteiger partial charge is 0.314 e. The number of aromatic nitrogens is 2. The van der Waals surface area contributed by atoms with Crippen LogP contribution >= 0.6 is 11.8 Å². The van der Waals surface area contributed by atoms with E-state index < -0.39 is 0 Å². The fourth-order valence-corrected chi connectivity index (χ4v) is 3.08. The van der Waals surface area contributed by atoms with Crippen LogP contribution in [0.5, 0.6) is 0 Å². The van der Waals surface area contributed by atoms with Gasteiger partial charge in [0.05, 0.1) is 5.75 Å². The third-order valence-electron chi connectivity index (χ3n) is 3.47. The summed E-state index contributed by atoms with van der Waals surface area (Å²) in [6.45, 7) is 14.2. The van der Waals surface area contributed by atoms with Gasteiger partial charge in [0.2, 0.25) is 0 Å². The van der Waals surface area contributed by atoms with E-state index in [-0.39, 0.29) is 0 Å². The molecule has 0 radical (unpaired) electrons. The van der Waals surface area contributed by atoms with E-state index in [2.05, 4.69) is 46.9 Å². The lowest BCUT2D eigenvalue weighted by Crippen LogP contribution is -2.29. The van der Waals surface area contributed by atoms with Gasteiger partial charge in [-0.3, -0.25) is 0 Å². The molecule has 21 heavy (non-hydrogen) atoms. The second-order valence-corrected chi connectivity index (χ2v) is 7.32. The number of aryl methyl sites for hydroxylation is 2. The lowest BCUT2D eigenvalue weighted by atomic mass is 9.98. The molecule has 4 heteroatoms. The summed E-state index contributed by atoms with van der Waals surface area (Å²) in [7, 11) is 0. The zero-order chi connectivity index (χ0) is 15.8. The van der Waals surface area contributed by atoms with Crippen molar-refractivity contribution in [2.45, 2.75) is 66.2 Å². The SMILES string of the molecule is CCCSCc1nc(C)c(CC(C)CNC(C)C)c(C)n1. The highest BCUT2D eigenvalue weighted by Crippen LogP contribution is 2.18. The van der Waals surface area contributed by atoms with Gasteiger partial charge < -0.3 is 5.32 Å². The minimum absolute atomic E-state index is 0.545. The van der Waals surface area contributed by atoms with Crippen LogP contribution in [-0.2, 0) is 12.2 Å². The van der Waals surface area contributed by atoms with Crippen LogP contribution in [0.1, 0.15) is 56.9 Å². The number of nitrogens with one attached hydrogen (secondary N) is 1. The minimum Gasteiger partial charge on any atom is -0.314 e. The standard InChI is InChI=1S/C17H31N3S/c1-7-8-21-11-17-19-14(5)16(15(6)20-17)9-13(4)10-18-12(2)3/h12-13,18H,7-11H2,1-6H3. The van der Waals surface area contributed by atoms with Gasteiger partial charge in [-0.1, -0.05) is 27.7 Å². The molecule has 0 amide bonds. The Hall–Kier alpha value is -0.610. The zero-order valence-electron chi connectivity index (χ0n) is 14.5. The lowest BCUT2D eigenvalue weighted by molar-refractivity contribution is 0.473. The first-order chi connectivity index (χ1) is 9.93. The Labute approximate surface area is 134 Å². The van der Waals surface area contributed by atoms with Gasteiger partial charge in [-0.25, -0.2) is 9.97 Å². The molecule has 1 heterocycles. The highest BCUT2D eigenvalue weighted by molar-refractivity contribution is 7.98. The van der Waals surface area contributed by atoms with Crippen LogP contribution < -0.4 is 5.32 Å². The first-order valence-electron chi connectivity index (χ1n) is 8.08. The second kappa shape index (κ2) is 9.42. The van der Waals surface area contributed by atoms with Gasteiger partial charge in [0.1, 0.15) is 5.82 Å².